The molecule has 0 bridgehead atoms. The first-order valence-corrected chi connectivity index (χ1v) is 6.48. The van der Waals surface area contributed by atoms with E-state index in [4.69, 9.17) is 4.74 Å². The molecule has 0 unspecified atom stereocenters. The van der Waals surface area contributed by atoms with Gasteiger partial charge in [-0.15, -0.1) is 0 Å². The van der Waals surface area contributed by atoms with Gasteiger partial charge in [0.2, 0.25) is 0 Å². The molecule has 0 aliphatic carbocycles. The summed E-state index contributed by atoms with van der Waals surface area (Å²) in [5, 5.41) is 3.55. The molecule has 3 nitrogen and oxygen atoms in total. The van der Waals surface area contributed by atoms with E-state index in [0.29, 0.717) is 6.04 Å². The van der Waals surface area contributed by atoms with E-state index in [1.807, 2.05) is 0 Å². The second kappa shape index (κ2) is 6.03. The highest BCUT2D eigenvalue weighted by Gasteiger charge is 2.18. The van der Waals surface area contributed by atoms with E-state index in [9.17, 15) is 0 Å². The van der Waals surface area contributed by atoms with Gasteiger partial charge in [0.05, 0.1) is 19.3 Å². The zero-order chi connectivity index (χ0) is 12.1. The normalized spacial score (nSPS) is 15.9. The predicted octanol–water partition coefficient (Wildman–Crippen LogP) is 2.34. The summed E-state index contributed by atoms with van der Waals surface area (Å²) < 4.78 is 5.20. The van der Waals surface area contributed by atoms with Gasteiger partial charge >= 0.3 is 0 Å². The third-order valence-electron chi connectivity index (χ3n) is 3.30. The van der Waals surface area contributed by atoms with E-state index < -0.39 is 0 Å². The van der Waals surface area contributed by atoms with Crippen molar-refractivity contribution in [1.82, 2.24) is 4.90 Å². The van der Waals surface area contributed by atoms with Gasteiger partial charge in [-0.2, -0.15) is 0 Å². The Kier molecular flexibility index (Phi) is 4.40. The predicted molar refractivity (Wildman–Crippen MR) is 71.3 cm³/mol. The number of ether oxygens (including phenoxy) is 1. The molecule has 1 saturated heterocycles. The third kappa shape index (κ3) is 3.20. The van der Waals surface area contributed by atoms with Gasteiger partial charge in [0.25, 0.3) is 0 Å². The van der Waals surface area contributed by atoms with Gasteiger partial charge in [0.15, 0.2) is 0 Å². The van der Waals surface area contributed by atoms with Gasteiger partial charge in [-0.05, 0) is 24.7 Å². The topological polar surface area (TPSA) is 24.5 Å². The number of nitrogens with zero attached hydrogens (tertiary/aromatic N) is 1. The lowest BCUT2D eigenvalue weighted by Gasteiger charge is -2.29. The van der Waals surface area contributed by atoms with E-state index >= 15 is 0 Å². The Bertz CT molecular complexity index is 346. The summed E-state index contributed by atoms with van der Waals surface area (Å²) in [5.74, 6) is 0. The molecule has 1 aromatic rings. The summed E-state index contributed by atoms with van der Waals surface area (Å²) in [6.45, 7) is 9.29. The van der Waals surface area contributed by atoms with Gasteiger partial charge in [-0.1, -0.05) is 32.0 Å². The smallest absolute Gasteiger partial charge is 0.0728 e. The maximum Gasteiger partial charge on any atom is 0.0728 e. The van der Waals surface area contributed by atoms with Gasteiger partial charge < -0.3 is 10.1 Å². The second-order valence-corrected chi connectivity index (χ2v) is 4.50. The molecule has 0 radical (unpaired) electrons. The minimum absolute atomic E-state index is 0.493. The Labute approximate surface area is 104 Å². The van der Waals surface area contributed by atoms with Crippen molar-refractivity contribution in [3.63, 3.8) is 0 Å². The van der Waals surface area contributed by atoms with Crippen molar-refractivity contribution in [3.05, 3.63) is 29.8 Å². The summed E-state index contributed by atoms with van der Waals surface area (Å²) >= 11 is 0. The Morgan fingerprint density at radius 3 is 2.53 bits per heavy atom. The second-order valence-electron chi connectivity index (χ2n) is 4.50. The molecular formula is C14H22N2O. The fourth-order valence-corrected chi connectivity index (χ4v) is 2.03. The Morgan fingerprint density at radius 2 is 1.94 bits per heavy atom. The van der Waals surface area contributed by atoms with E-state index in [2.05, 4.69) is 48.3 Å². The number of para-hydroxylation sites is 1. The number of hydrogen-bond acceptors (Lipinski definition) is 3. The number of benzene rings is 1. The van der Waals surface area contributed by atoms with Gasteiger partial charge in [0, 0.05) is 12.2 Å². The van der Waals surface area contributed by atoms with Crippen molar-refractivity contribution in [3.8, 4) is 0 Å². The van der Waals surface area contributed by atoms with Crippen molar-refractivity contribution < 1.29 is 4.74 Å². The monoisotopic (exact) mass is 234 g/mol. The molecule has 2 rings (SSSR count). The molecule has 0 amide bonds. The van der Waals surface area contributed by atoms with Crippen molar-refractivity contribution in [1.29, 1.82) is 0 Å². The zero-order valence-electron chi connectivity index (χ0n) is 10.8. The van der Waals surface area contributed by atoms with Gasteiger partial charge in [-0.3, -0.25) is 4.90 Å². The van der Waals surface area contributed by atoms with Crippen LogP contribution in [-0.4, -0.2) is 37.2 Å². The molecule has 0 atom stereocenters. The molecule has 1 fully saturated rings. The molecule has 0 spiro atoms. The van der Waals surface area contributed by atoms with Crippen LogP contribution < -0.4 is 5.32 Å². The van der Waals surface area contributed by atoms with Crippen LogP contribution >= 0.6 is 0 Å². The number of rotatable bonds is 6. The van der Waals surface area contributed by atoms with Crippen LogP contribution in [0.3, 0.4) is 0 Å². The lowest BCUT2D eigenvalue weighted by Crippen LogP contribution is -2.40. The third-order valence-corrected chi connectivity index (χ3v) is 3.30. The molecule has 1 N–H and O–H groups in total. The minimum Gasteiger partial charge on any atom is -0.377 e. The molecule has 0 saturated carbocycles. The summed E-state index contributed by atoms with van der Waals surface area (Å²) in [6.07, 6.45) is 0. The van der Waals surface area contributed by atoms with E-state index in [1.165, 1.54) is 11.3 Å². The SMILES string of the molecule is CCN(CC)Cc1ccccc1NC1COC1. The van der Waals surface area contributed by atoms with E-state index in [-0.39, 0.29) is 0 Å². The van der Waals surface area contributed by atoms with Crippen molar-refractivity contribution in [2.75, 3.05) is 31.6 Å². The number of anilines is 1. The summed E-state index contributed by atoms with van der Waals surface area (Å²) in [6, 6.07) is 9.07. The van der Waals surface area contributed by atoms with Crippen LogP contribution in [0.5, 0.6) is 0 Å². The Morgan fingerprint density at radius 1 is 1.24 bits per heavy atom. The summed E-state index contributed by atoms with van der Waals surface area (Å²) in [7, 11) is 0. The molecule has 1 heterocycles. The fourth-order valence-electron chi connectivity index (χ4n) is 2.03. The molecule has 1 aliphatic heterocycles. The maximum absolute atomic E-state index is 5.20. The summed E-state index contributed by atoms with van der Waals surface area (Å²) in [4.78, 5) is 2.43. The van der Waals surface area contributed by atoms with Crippen molar-refractivity contribution >= 4 is 5.69 Å². The van der Waals surface area contributed by atoms with Crippen molar-refractivity contribution in [2.24, 2.45) is 0 Å². The Balaban J connectivity index is 2.03. The standard InChI is InChI=1S/C14H22N2O/c1-3-16(4-2)9-12-7-5-6-8-14(12)15-13-10-17-11-13/h5-8,13,15H,3-4,9-11H2,1-2H3. The first kappa shape index (κ1) is 12.4. The fraction of sp³-hybridized carbons (Fsp3) is 0.571. The quantitative estimate of drug-likeness (QED) is 0.817. The Hall–Kier alpha value is -1.06. The molecule has 17 heavy (non-hydrogen) atoms. The zero-order valence-corrected chi connectivity index (χ0v) is 10.8. The molecule has 1 aliphatic rings. The average molecular weight is 234 g/mol. The minimum atomic E-state index is 0.493. The van der Waals surface area contributed by atoms with Gasteiger partial charge in [0.1, 0.15) is 0 Å². The molecule has 3 heteroatoms. The average Bonchev–Trinajstić information content (AvgIpc) is 2.32. The van der Waals surface area contributed by atoms with Crippen LogP contribution in [0.25, 0.3) is 0 Å². The first-order valence-electron chi connectivity index (χ1n) is 6.48. The lowest BCUT2D eigenvalue weighted by atomic mass is 10.1. The van der Waals surface area contributed by atoms with Crippen LogP contribution in [0.1, 0.15) is 19.4 Å². The highest BCUT2D eigenvalue weighted by molar-refractivity contribution is 5.52. The molecule has 94 valence electrons. The largest absolute Gasteiger partial charge is 0.377 e. The maximum atomic E-state index is 5.20. The molecule has 1 aromatic carbocycles. The van der Waals surface area contributed by atoms with E-state index in [1.54, 1.807) is 0 Å². The van der Waals surface area contributed by atoms with Crippen LogP contribution in [0.2, 0.25) is 0 Å². The van der Waals surface area contributed by atoms with Crippen LogP contribution in [-0.2, 0) is 11.3 Å². The summed E-state index contributed by atoms with van der Waals surface area (Å²) in [5.41, 5.74) is 2.64. The highest BCUT2D eigenvalue weighted by atomic mass is 16.5. The van der Waals surface area contributed by atoms with Crippen molar-refractivity contribution in [2.45, 2.75) is 26.4 Å². The number of nitrogens with one attached hydrogen (secondary N) is 1. The van der Waals surface area contributed by atoms with E-state index in [0.717, 1.165) is 32.8 Å². The lowest BCUT2D eigenvalue weighted by molar-refractivity contribution is 0.0210. The van der Waals surface area contributed by atoms with Crippen LogP contribution in [0.4, 0.5) is 5.69 Å². The van der Waals surface area contributed by atoms with Gasteiger partial charge in [-0.25, -0.2) is 0 Å². The molecular weight excluding hydrogens is 212 g/mol. The van der Waals surface area contributed by atoms with Crippen LogP contribution in [0, 0.1) is 0 Å². The number of hydrogen-bond donors (Lipinski definition) is 1. The first-order chi connectivity index (χ1) is 8.33. The highest BCUT2D eigenvalue weighted by Crippen LogP contribution is 2.19. The molecule has 0 aromatic heterocycles. The van der Waals surface area contributed by atoms with Crippen LogP contribution in [0.15, 0.2) is 24.3 Å².